The Morgan fingerprint density at radius 1 is 1.38 bits per heavy atom. The van der Waals surface area contributed by atoms with Crippen LogP contribution < -0.4 is 10.6 Å². The van der Waals surface area contributed by atoms with E-state index in [1.165, 1.54) is 7.11 Å². The molecule has 1 aromatic heterocycles. The van der Waals surface area contributed by atoms with Crippen molar-refractivity contribution in [2.45, 2.75) is 12.6 Å². The van der Waals surface area contributed by atoms with E-state index in [0.717, 1.165) is 23.6 Å². The minimum atomic E-state index is -0.484. The van der Waals surface area contributed by atoms with Crippen LogP contribution in [0.1, 0.15) is 17.2 Å². The monoisotopic (exact) mass is 514 g/mol. The van der Waals surface area contributed by atoms with Crippen LogP contribution in [-0.2, 0) is 23.1 Å². The second-order valence-electron chi connectivity index (χ2n) is 6.47. The number of carbonyl (C=O) groups excluding carboxylic acids is 1. The molecule has 158 valence electrons. The molecule has 0 spiro atoms. The van der Waals surface area contributed by atoms with Crippen LogP contribution in [0.4, 0.5) is 10.5 Å². The number of ether oxygens (including phenoxy) is 2. The van der Waals surface area contributed by atoms with Crippen molar-refractivity contribution < 1.29 is 14.3 Å². The van der Waals surface area contributed by atoms with Gasteiger partial charge in [-0.1, -0.05) is 12.1 Å². The molecule has 0 saturated carbocycles. The van der Waals surface area contributed by atoms with Crippen LogP contribution in [0, 0.1) is 0 Å². The Morgan fingerprint density at radius 3 is 2.76 bits per heavy atom. The van der Waals surface area contributed by atoms with Crippen molar-refractivity contribution in [3.05, 3.63) is 47.8 Å². The summed E-state index contributed by atoms with van der Waals surface area (Å²) in [5.41, 5.74) is 2.83. The molecule has 10 heteroatoms. The molecule has 1 unspecified atom stereocenters. The van der Waals surface area contributed by atoms with E-state index in [9.17, 15) is 4.79 Å². The average Bonchev–Trinajstić information content (AvgIpc) is 3.16. The van der Waals surface area contributed by atoms with Crippen LogP contribution >= 0.6 is 24.0 Å². The van der Waals surface area contributed by atoms with Gasteiger partial charge in [-0.05, 0) is 17.7 Å². The zero-order valence-corrected chi connectivity index (χ0v) is 19.1. The molecule has 1 aliphatic heterocycles. The van der Waals surface area contributed by atoms with Crippen LogP contribution in [0.5, 0.6) is 0 Å². The van der Waals surface area contributed by atoms with Crippen molar-refractivity contribution in [2.75, 3.05) is 39.2 Å². The molecule has 1 amide bonds. The van der Waals surface area contributed by atoms with Crippen LogP contribution in [0.3, 0.4) is 0 Å². The highest BCUT2D eigenvalue weighted by molar-refractivity contribution is 14.0. The highest BCUT2D eigenvalue weighted by atomic mass is 127. The fourth-order valence-corrected chi connectivity index (χ4v) is 3.04. The zero-order valence-electron chi connectivity index (χ0n) is 16.8. The Kier molecular flexibility index (Phi) is 8.70. The van der Waals surface area contributed by atoms with E-state index in [-0.39, 0.29) is 30.1 Å². The number of nitrogens with one attached hydrogen (secondary N) is 2. The molecular weight excluding hydrogens is 487 g/mol. The van der Waals surface area contributed by atoms with Crippen molar-refractivity contribution in [3.63, 3.8) is 0 Å². The molecule has 1 atom stereocenters. The van der Waals surface area contributed by atoms with E-state index in [1.54, 1.807) is 11.7 Å². The maximum atomic E-state index is 11.2. The molecule has 2 N–H and O–H groups in total. The first-order valence-corrected chi connectivity index (χ1v) is 9.08. The molecular formula is C19H27IN6O3. The van der Waals surface area contributed by atoms with E-state index < -0.39 is 6.09 Å². The van der Waals surface area contributed by atoms with E-state index >= 15 is 0 Å². The molecule has 9 nitrogen and oxygen atoms in total. The summed E-state index contributed by atoms with van der Waals surface area (Å²) in [6.45, 7) is 2.75. The normalized spacial score (nSPS) is 16.7. The summed E-state index contributed by atoms with van der Waals surface area (Å²) in [5, 5.41) is 10.3. The summed E-state index contributed by atoms with van der Waals surface area (Å²) in [5.74, 6) is 0.828. The second kappa shape index (κ2) is 11.0. The largest absolute Gasteiger partial charge is 0.453 e. The van der Waals surface area contributed by atoms with Gasteiger partial charge in [0.05, 0.1) is 26.5 Å². The molecule has 1 aliphatic rings. The van der Waals surface area contributed by atoms with Crippen molar-refractivity contribution >= 4 is 41.7 Å². The fraction of sp³-hybridized carbons (Fsp3) is 0.421. The van der Waals surface area contributed by atoms with Gasteiger partial charge in [0, 0.05) is 44.6 Å². The highest BCUT2D eigenvalue weighted by Crippen LogP contribution is 2.21. The van der Waals surface area contributed by atoms with Crippen molar-refractivity contribution in [1.82, 2.24) is 20.0 Å². The van der Waals surface area contributed by atoms with Gasteiger partial charge < -0.3 is 19.7 Å². The second-order valence-corrected chi connectivity index (χ2v) is 6.47. The first-order valence-electron chi connectivity index (χ1n) is 9.08. The summed E-state index contributed by atoms with van der Waals surface area (Å²) in [6.07, 6.45) is 3.31. The number of aryl methyl sites for hydroxylation is 1. The Bertz CT molecular complexity index is 824. The maximum absolute atomic E-state index is 11.2. The van der Waals surface area contributed by atoms with Gasteiger partial charge in [-0.2, -0.15) is 5.10 Å². The highest BCUT2D eigenvalue weighted by Gasteiger charge is 2.25. The number of amides is 1. The SMILES string of the molecule is CN=C(NCc1ccc(NC(=O)OC)cc1)N1CCOC(c2cnn(C)c2)C1.I. The minimum Gasteiger partial charge on any atom is -0.453 e. The molecule has 0 aliphatic carbocycles. The first-order chi connectivity index (χ1) is 13.6. The summed E-state index contributed by atoms with van der Waals surface area (Å²) < 4.78 is 12.3. The van der Waals surface area contributed by atoms with Gasteiger partial charge in [-0.15, -0.1) is 24.0 Å². The number of hydrogen-bond donors (Lipinski definition) is 2. The van der Waals surface area contributed by atoms with Gasteiger partial charge >= 0.3 is 6.09 Å². The number of aliphatic imine (C=N–C) groups is 1. The lowest BCUT2D eigenvalue weighted by Crippen LogP contribution is -2.47. The number of carbonyl (C=O) groups is 1. The van der Waals surface area contributed by atoms with Crippen LogP contribution in [0.15, 0.2) is 41.7 Å². The van der Waals surface area contributed by atoms with Gasteiger partial charge in [0.15, 0.2) is 5.96 Å². The fourth-order valence-electron chi connectivity index (χ4n) is 3.04. The van der Waals surface area contributed by atoms with Crippen LogP contribution in [-0.4, -0.2) is 60.6 Å². The van der Waals surface area contributed by atoms with Crippen molar-refractivity contribution in [1.29, 1.82) is 0 Å². The number of nitrogens with zero attached hydrogens (tertiary/aromatic N) is 4. The van der Waals surface area contributed by atoms with Crippen molar-refractivity contribution in [3.8, 4) is 0 Å². The maximum Gasteiger partial charge on any atom is 0.411 e. The molecule has 1 fully saturated rings. The number of anilines is 1. The molecule has 29 heavy (non-hydrogen) atoms. The van der Waals surface area contributed by atoms with Crippen LogP contribution in [0.2, 0.25) is 0 Å². The number of halogens is 1. The Labute approximate surface area is 187 Å². The molecule has 0 bridgehead atoms. The summed E-state index contributed by atoms with van der Waals surface area (Å²) in [7, 11) is 5.01. The molecule has 2 heterocycles. The third kappa shape index (κ3) is 6.32. The summed E-state index contributed by atoms with van der Waals surface area (Å²) in [4.78, 5) is 17.8. The van der Waals surface area contributed by atoms with Gasteiger partial charge in [0.2, 0.25) is 0 Å². The quantitative estimate of drug-likeness (QED) is 0.370. The van der Waals surface area contributed by atoms with Gasteiger partial charge in [-0.3, -0.25) is 15.0 Å². The van der Waals surface area contributed by atoms with E-state index in [1.807, 2.05) is 43.7 Å². The standard InChI is InChI=1S/C19H26N6O3.HI/c1-20-18(21-10-14-4-6-16(7-5-14)23-19(26)27-3)25-8-9-28-17(13-25)15-11-22-24(2)12-15;/h4-7,11-12,17H,8-10,13H2,1-3H3,(H,20,21)(H,23,26);1H. The molecule has 1 saturated heterocycles. The van der Waals surface area contributed by atoms with E-state index in [4.69, 9.17) is 4.74 Å². The molecule has 3 rings (SSSR count). The number of rotatable bonds is 4. The third-order valence-corrected chi connectivity index (χ3v) is 4.51. The molecule has 2 aromatic rings. The third-order valence-electron chi connectivity index (χ3n) is 4.51. The van der Waals surface area contributed by atoms with Crippen molar-refractivity contribution in [2.24, 2.45) is 12.0 Å². The van der Waals surface area contributed by atoms with E-state index in [2.05, 4.69) is 30.4 Å². The molecule has 1 aromatic carbocycles. The Balaban J connectivity index is 0.00000300. The summed E-state index contributed by atoms with van der Waals surface area (Å²) in [6, 6.07) is 7.57. The minimum absolute atomic E-state index is 0. The number of hydrogen-bond acceptors (Lipinski definition) is 5. The lowest BCUT2D eigenvalue weighted by molar-refractivity contribution is -0.00805. The number of morpholine rings is 1. The zero-order chi connectivity index (χ0) is 19.9. The predicted molar refractivity (Wildman–Crippen MR) is 122 cm³/mol. The van der Waals surface area contributed by atoms with Gasteiger partial charge in [0.1, 0.15) is 6.10 Å². The average molecular weight is 514 g/mol. The first kappa shape index (κ1) is 22.9. The lowest BCUT2D eigenvalue weighted by Gasteiger charge is -2.34. The lowest BCUT2D eigenvalue weighted by atomic mass is 10.1. The Hall–Kier alpha value is -2.34. The Morgan fingerprint density at radius 2 is 2.14 bits per heavy atom. The number of methoxy groups -OCH3 is 1. The predicted octanol–water partition coefficient (Wildman–Crippen LogP) is 2.37. The van der Waals surface area contributed by atoms with Gasteiger partial charge in [0.25, 0.3) is 0 Å². The van der Waals surface area contributed by atoms with E-state index in [0.29, 0.717) is 25.4 Å². The smallest absolute Gasteiger partial charge is 0.411 e. The summed E-state index contributed by atoms with van der Waals surface area (Å²) >= 11 is 0. The topological polar surface area (TPSA) is 93.0 Å². The van der Waals surface area contributed by atoms with Gasteiger partial charge in [-0.25, -0.2) is 4.79 Å². The number of benzene rings is 1. The molecule has 0 radical (unpaired) electrons. The van der Waals surface area contributed by atoms with Crippen LogP contribution in [0.25, 0.3) is 0 Å². The number of aromatic nitrogens is 2. The number of guanidine groups is 1.